The minimum absolute atomic E-state index is 0.118. The number of thioether (sulfide) groups is 1. The van der Waals surface area contributed by atoms with E-state index in [1.165, 1.54) is 4.68 Å². The maximum Gasteiger partial charge on any atom is 0.419 e. The van der Waals surface area contributed by atoms with Gasteiger partial charge in [-0.3, -0.25) is 9.36 Å². The molecule has 6 rings (SSSR count). The molecule has 0 radical (unpaired) electrons. The fraction of sp³-hybridized carbons (Fsp3) is 0.280. The number of para-hydroxylation sites is 3. The molecule has 0 spiro atoms. The molecule has 0 saturated heterocycles. The van der Waals surface area contributed by atoms with Crippen molar-refractivity contribution in [2.24, 2.45) is 0 Å². The molecule has 4 heterocycles. The van der Waals surface area contributed by atoms with E-state index in [9.17, 15) is 9.59 Å². The molecule has 0 atom stereocenters. The summed E-state index contributed by atoms with van der Waals surface area (Å²) in [5, 5.41) is 5.43. The maximum atomic E-state index is 13.3. The lowest BCUT2D eigenvalue weighted by Gasteiger charge is -2.17. The molecule has 3 aromatic rings. The van der Waals surface area contributed by atoms with Crippen LogP contribution >= 0.6 is 11.8 Å². The molecule has 0 unspecified atom stereocenters. The van der Waals surface area contributed by atoms with Crippen LogP contribution in [0.15, 0.2) is 73.8 Å². The van der Waals surface area contributed by atoms with E-state index in [0.717, 1.165) is 54.3 Å². The highest BCUT2D eigenvalue weighted by molar-refractivity contribution is 7.99. The van der Waals surface area contributed by atoms with E-state index in [-0.39, 0.29) is 11.3 Å². The molecular formula is C25H23N5O3S. The lowest BCUT2D eigenvalue weighted by molar-refractivity contribution is 0.514. The molecule has 3 aliphatic heterocycles. The van der Waals surface area contributed by atoms with E-state index in [0.29, 0.717) is 29.3 Å². The minimum atomic E-state index is -0.353. The van der Waals surface area contributed by atoms with Crippen molar-refractivity contribution in [2.45, 2.75) is 43.9 Å². The van der Waals surface area contributed by atoms with Gasteiger partial charge >= 0.3 is 5.76 Å². The molecule has 172 valence electrons. The van der Waals surface area contributed by atoms with Crippen LogP contribution in [0.4, 0.5) is 0 Å². The third-order valence-corrected chi connectivity index (χ3v) is 7.24. The summed E-state index contributed by atoms with van der Waals surface area (Å²) in [6.45, 7) is 1.33. The second-order valence-electron chi connectivity index (χ2n) is 8.39. The number of nitrogens with zero attached hydrogens (tertiary/aromatic N) is 5. The second kappa shape index (κ2) is 8.64. The SMILES string of the molecule is O=c1c2c3n(c(SCCn4c(=O)oc5ccccc54)nc-2nn1-c1ccccc1)CCCCC3. The van der Waals surface area contributed by atoms with Gasteiger partial charge in [-0.25, -0.2) is 9.78 Å². The van der Waals surface area contributed by atoms with Crippen molar-refractivity contribution >= 4 is 22.9 Å². The van der Waals surface area contributed by atoms with Crippen LogP contribution in [0.25, 0.3) is 28.2 Å². The summed E-state index contributed by atoms with van der Waals surface area (Å²) < 4.78 is 10.7. The van der Waals surface area contributed by atoms with E-state index in [1.807, 2.05) is 48.5 Å². The van der Waals surface area contributed by atoms with Crippen molar-refractivity contribution in [3.8, 4) is 17.1 Å². The fourth-order valence-electron chi connectivity index (χ4n) is 4.66. The summed E-state index contributed by atoms with van der Waals surface area (Å²) in [4.78, 5) is 30.5. The summed E-state index contributed by atoms with van der Waals surface area (Å²) in [5.74, 6) is 0.773. The highest BCUT2D eigenvalue weighted by Crippen LogP contribution is 2.30. The third-order valence-electron chi connectivity index (χ3n) is 6.29. The molecule has 2 aromatic carbocycles. The molecule has 0 bridgehead atoms. The highest BCUT2D eigenvalue weighted by Gasteiger charge is 2.27. The Kier molecular flexibility index (Phi) is 5.33. The van der Waals surface area contributed by atoms with Gasteiger partial charge in [-0.05, 0) is 43.5 Å². The van der Waals surface area contributed by atoms with Gasteiger partial charge < -0.3 is 8.98 Å². The molecule has 8 nitrogen and oxygen atoms in total. The smallest absolute Gasteiger partial charge is 0.408 e. The molecule has 34 heavy (non-hydrogen) atoms. The fourth-order valence-corrected chi connectivity index (χ4v) is 5.63. The normalized spacial score (nSPS) is 13.9. The third kappa shape index (κ3) is 3.56. The Labute approximate surface area is 199 Å². The molecule has 9 heteroatoms. The first kappa shape index (κ1) is 21.0. The van der Waals surface area contributed by atoms with E-state index in [1.54, 1.807) is 22.4 Å². The second-order valence-corrected chi connectivity index (χ2v) is 9.45. The number of hydrogen-bond donors (Lipinski definition) is 0. The predicted molar refractivity (Wildman–Crippen MR) is 131 cm³/mol. The Balaban J connectivity index is 1.38. The molecule has 0 saturated carbocycles. The van der Waals surface area contributed by atoms with Crippen LogP contribution < -0.4 is 11.3 Å². The monoisotopic (exact) mass is 473 g/mol. The van der Waals surface area contributed by atoms with Crippen LogP contribution in [0.1, 0.15) is 25.0 Å². The van der Waals surface area contributed by atoms with Crippen LogP contribution in [0, 0.1) is 0 Å². The number of hydrogen-bond acceptors (Lipinski definition) is 6. The zero-order chi connectivity index (χ0) is 23.1. The summed E-state index contributed by atoms with van der Waals surface area (Å²) in [5.41, 5.74) is 3.64. The molecular weight excluding hydrogens is 450 g/mol. The van der Waals surface area contributed by atoms with E-state index < -0.39 is 0 Å². The van der Waals surface area contributed by atoms with Gasteiger partial charge in [-0.2, -0.15) is 4.68 Å². The van der Waals surface area contributed by atoms with Crippen molar-refractivity contribution in [3.05, 3.63) is 81.2 Å². The zero-order valence-electron chi connectivity index (χ0n) is 18.5. The predicted octanol–water partition coefficient (Wildman–Crippen LogP) is 3.96. The van der Waals surface area contributed by atoms with Gasteiger partial charge in [0.15, 0.2) is 16.6 Å². The van der Waals surface area contributed by atoms with Crippen molar-refractivity contribution in [3.63, 3.8) is 0 Å². The van der Waals surface area contributed by atoms with Crippen LogP contribution in [-0.4, -0.2) is 29.7 Å². The minimum Gasteiger partial charge on any atom is -0.408 e. The maximum absolute atomic E-state index is 13.3. The number of fused-ring (bicyclic) bond motifs is 4. The first-order valence-electron chi connectivity index (χ1n) is 11.5. The Bertz CT molecular complexity index is 1560. The first-order chi connectivity index (χ1) is 16.7. The summed E-state index contributed by atoms with van der Waals surface area (Å²) in [7, 11) is 0. The van der Waals surface area contributed by atoms with Crippen molar-refractivity contribution < 1.29 is 4.42 Å². The Morgan fingerprint density at radius 3 is 2.68 bits per heavy atom. The van der Waals surface area contributed by atoms with Gasteiger partial charge in [0.1, 0.15) is 5.56 Å². The molecule has 0 fully saturated rings. The summed E-state index contributed by atoms with van der Waals surface area (Å²) in [6.07, 6.45) is 4.03. The molecule has 1 aromatic heterocycles. The van der Waals surface area contributed by atoms with Crippen molar-refractivity contribution in [1.29, 1.82) is 0 Å². The average molecular weight is 474 g/mol. The average Bonchev–Trinajstić information content (AvgIpc) is 3.23. The number of oxazole rings is 1. The Hall–Kier alpha value is -3.59. The summed E-state index contributed by atoms with van der Waals surface area (Å²) in [6, 6.07) is 16.9. The van der Waals surface area contributed by atoms with E-state index in [2.05, 4.69) is 9.67 Å². The van der Waals surface area contributed by atoms with Crippen molar-refractivity contribution in [2.75, 3.05) is 5.75 Å². The van der Waals surface area contributed by atoms with Crippen LogP contribution in [0.2, 0.25) is 0 Å². The van der Waals surface area contributed by atoms with Gasteiger partial charge in [0, 0.05) is 24.5 Å². The summed E-state index contributed by atoms with van der Waals surface area (Å²) >= 11 is 1.58. The molecule has 3 aliphatic rings. The van der Waals surface area contributed by atoms with Gasteiger partial charge in [0.2, 0.25) is 0 Å². The number of aromatic nitrogens is 5. The quantitative estimate of drug-likeness (QED) is 0.284. The largest absolute Gasteiger partial charge is 0.419 e. The van der Waals surface area contributed by atoms with Gasteiger partial charge in [0.25, 0.3) is 5.56 Å². The standard InChI is InChI=1S/C25H23N5O3S/c31-23-21-19-12-5-2-8-14-28(19)24(26-22(21)27-30(23)17-9-3-1-4-10-17)34-16-15-29-18-11-6-7-13-20(18)33-25(29)32/h1,3-4,6-7,9-11,13H,2,5,8,12,14-16H2. The number of aryl methyl sites for hydroxylation is 1. The van der Waals surface area contributed by atoms with Crippen LogP contribution in [0.5, 0.6) is 0 Å². The number of benzene rings is 2. The topological polar surface area (TPSA) is 87.8 Å². The zero-order valence-corrected chi connectivity index (χ0v) is 19.3. The molecule has 0 N–H and O–H groups in total. The molecule has 0 aliphatic carbocycles. The van der Waals surface area contributed by atoms with E-state index >= 15 is 0 Å². The van der Waals surface area contributed by atoms with Gasteiger partial charge in [-0.1, -0.05) is 48.5 Å². The lowest BCUT2D eigenvalue weighted by Crippen LogP contribution is -2.19. The Morgan fingerprint density at radius 2 is 1.79 bits per heavy atom. The first-order valence-corrected chi connectivity index (χ1v) is 12.5. The number of rotatable bonds is 5. The van der Waals surface area contributed by atoms with E-state index in [4.69, 9.17) is 9.40 Å². The van der Waals surface area contributed by atoms with Crippen molar-refractivity contribution in [1.82, 2.24) is 23.9 Å². The Morgan fingerprint density at radius 1 is 0.971 bits per heavy atom. The highest BCUT2D eigenvalue weighted by atomic mass is 32.2. The lowest BCUT2D eigenvalue weighted by atomic mass is 10.1. The molecule has 0 amide bonds. The van der Waals surface area contributed by atoms with Gasteiger partial charge in [0.05, 0.1) is 11.2 Å². The van der Waals surface area contributed by atoms with Crippen LogP contribution in [-0.2, 0) is 19.5 Å². The van der Waals surface area contributed by atoms with Crippen LogP contribution in [0.3, 0.4) is 0 Å². The van der Waals surface area contributed by atoms with Gasteiger partial charge in [-0.15, -0.1) is 5.10 Å².